The van der Waals surface area contributed by atoms with Crippen LogP contribution in [0.2, 0.25) is 5.02 Å². The van der Waals surface area contributed by atoms with Crippen molar-refractivity contribution in [3.63, 3.8) is 0 Å². The maximum atomic E-state index is 12.5. The third-order valence-electron chi connectivity index (χ3n) is 3.70. The number of para-hydroxylation sites is 1. The molecular formula is C14H20ClN3O. The highest BCUT2D eigenvalue weighted by Crippen LogP contribution is 2.25. The van der Waals surface area contributed by atoms with E-state index in [1.54, 1.807) is 18.2 Å². The molecule has 1 unspecified atom stereocenters. The van der Waals surface area contributed by atoms with E-state index in [2.05, 4.69) is 4.90 Å². The molecule has 1 heterocycles. The lowest BCUT2D eigenvalue weighted by Gasteiger charge is -2.36. The van der Waals surface area contributed by atoms with Crippen LogP contribution in [-0.2, 0) is 0 Å². The number of halogens is 1. The first-order valence-electron chi connectivity index (χ1n) is 6.50. The van der Waals surface area contributed by atoms with Gasteiger partial charge in [0, 0.05) is 19.1 Å². The normalized spacial score (nSPS) is 19.8. The number of hydrogen-bond acceptors (Lipinski definition) is 3. The number of carbonyl (C=O) groups is 1. The van der Waals surface area contributed by atoms with Gasteiger partial charge in [-0.15, -0.1) is 0 Å². The molecule has 1 aliphatic rings. The maximum absolute atomic E-state index is 12.5. The van der Waals surface area contributed by atoms with Crippen LogP contribution in [0.1, 0.15) is 23.2 Å². The van der Waals surface area contributed by atoms with E-state index in [0.717, 1.165) is 25.9 Å². The van der Waals surface area contributed by atoms with Crippen LogP contribution in [-0.4, -0.2) is 48.9 Å². The quantitative estimate of drug-likeness (QED) is 0.845. The lowest BCUT2D eigenvalue weighted by Crippen LogP contribution is -2.47. The molecule has 1 aromatic rings. The van der Waals surface area contributed by atoms with Crippen molar-refractivity contribution in [2.75, 3.05) is 32.9 Å². The Balaban J connectivity index is 2.17. The molecule has 2 N–H and O–H groups in total. The van der Waals surface area contributed by atoms with Gasteiger partial charge in [-0.2, -0.15) is 0 Å². The van der Waals surface area contributed by atoms with Crippen molar-refractivity contribution in [3.05, 3.63) is 28.8 Å². The Morgan fingerprint density at radius 3 is 2.89 bits per heavy atom. The van der Waals surface area contributed by atoms with Crippen LogP contribution in [0.4, 0.5) is 5.69 Å². The molecule has 0 spiro atoms. The van der Waals surface area contributed by atoms with Gasteiger partial charge in [-0.05, 0) is 39.1 Å². The summed E-state index contributed by atoms with van der Waals surface area (Å²) in [5, 5.41) is 0.437. The van der Waals surface area contributed by atoms with Gasteiger partial charge in [0.15, 0.2) is 0 Å². The first kappa shape index (κ1) is 14.2. The van der Waals surface area contributed by atoms with E-state index in [4.69, 9.17) is 17.3 Å². The minimum absolute atomic E-state index is 0.0217. The summed E-state index contributed by atoms with van der Waals surface area (Å²) in [6.07, 6.45) is 2.15. The second-order valence-corrected chi connectivity index (χ2v) is 5.62. The third-order valence-corrected chi connectivity index (χ3v) is 4.03. The number of nitrogens with zero attached hydrogens (tertiary/aromatic N) is 2. The molecule has 1 aromatic carbocycles. The molecule has 0 saturated carbocycles. The second kappa shape index (κ2) is 5.80. The monoisotopic (exact) mass is 281 g/mol. The smallest absolute Gasteiger partial charge is 0.256 e. The highest BCUT2D eigenvalue weighted by molar-refractivity contribution is 6.33. The van der Waals surface area contributed by atoms with Gasteiger partial charge in [0.05, 0.1) is 16.3 Å². The van der Waals surface area contributed by atoms with Gasteiger partial charge in [0.25, 0.3) is 5.91 Å². The van der Waals surface area contributed by atoms with Crippen molar-refractivity contribution in [3.8, 4) is 0 Å². The van der Waals surface area contributed by atoms with Crippen molar-refractivity contribution in [2.45, 2.75) is 18.9 Å². The Morgan fingerprint density at radius 2 is 2.21 bits per heavy atom. The molecule has 4 nitrogen and oxygen atoms in total. The van der Waals surface area contributed by atoms with Gasteiger partial charge in [-0.3, -0.25) is 4.79 Å². The molecule has 1 saturated heterocycles. The van der Waals surface area contributed by atoms with E-state index < -0.39 is 0 Å². The van der Waals surface area contributed by atoms with Crippen LogP contribution in [0.3, 0.4) is 0 Å². The van der Waals surface area contributed by atoms with Crippen LogP contribution in [0.15, 0.2) is 18.2 Å². The van der Waals surface area contributed by atoms with E-state index in [0.29, 0.717) is 22.3 Å². The van der Waals surface area contributed by atoms with Crippen LogP contribution in [0, 0.1) is 0 Å². The number of hydrogen-bond donors (Lipinski definition) is 1. The lowest BCUT2D eigenvalue weighted by atomic mass is 10.0. The fraction of sp³-hybridized carbons (Fsp3) is 0.500. The van der Waals surface area contributed by atoms with Gasteiger partial charge in [0.1, 0.15) is 0 Å². The van der Waals surface area contributed by atoms with Crippen molar-refractivity contribution in [1.29, 1.82) is 0 Å². The summed E-state index contributed by atoms with van der Waals surface area (Å²) in [4.78, 5) is 16.5. The average Bonchev–Trinajstić information content (AvgIpc) is 2.41. The number of anilines is 1. The van der Waals surface area contributed by atoms with Crippen LogP contribution in [0.25, 0.3) is 0 Å². The summed E-state index contributed by atoms with van der Waals surface area (Å²) in [5.41, 5.74) is 6.78. The van der Waals surface area contributed by atoms with E-state index in [9.17, 15) is 4.79 Å². The summed E-state index contributed by atoms with van der Waals surface area (Å²) >= 11 is 5.97. The van der Waals surface area contributed by atoms with E-state index in [1.807, 2.05) is 19.0 Å². The van der Waals surface area contributed by atoms with Crippen molar-refractivity contribution in [1.82, 2.24) is 9.80 Å². The zero-order valence-electron chi connectivity index (χ0n) is 11.4. The number of rotatable bonds is 2. The molecule has 1 fully saturated rings. The number of amides is 1. The molecule has 2 rings (SSSR count). The van der Waals surface area contributed by atoms with Gasteiger partial charge < -0.3 is 15.5 Å². The molecule has 1 atom stereocenters. The predicted molar refractivity (Wildman–Crippen MR) is 78.5 cm³/mol. The molecular weight excluding hydrogens is 262 g/mol. The SMILES string of the molecule is CN(C)C1CCCN(C(=O)c2cccc(Cl)c2N)C1. The first-order chi connectivity index (χ1) is 9.00. The number of nitrogens with two attached hydrogens (primary N) is 1. The van der Waals surface area contributed by atoms with Crippen molar-refractivity contribution in [2.24, 2.45) is 0 Å². The highest BCUT2D eigenvalue weighted by atomic mass is 35.5. The fourth-order valence-electron chi connectivity index (χ4n) is 2.45. The predicted octanol–water partition coefficient (Wildman–Crippen LogP) is 2.09. The Hall–Kier alpha value is -1.26. The maximum Gasteiger partial charge on any atom is 0.256 e. The molecule has 1 amide bonds. The minimum atomic E-state index is -0.0217. The molecule has 19 heavy (non-hydrogen) atoms. The Morgan fingerprint density at radius 1 is 1.47 bits per heavy atom. The number of likely N-dealkylation sites (tertiary alicyclic amines) is 1. The summed E-state index contributed by atoms with van der Waals surface area (Å²) < 4.78 is 0. The summed E-state index contributed by atoms with van der Waals surface area (Å²) in [7, 11) is 4.10. The molecule has 0 aromatic heterocycles. The largest absolute Gasteiger partial charge is 0.397 e. The summed E-state index contributed by atoms with van der Waals surface area (Å²) in [5.74, 6) is -0.0217. The van der Waals surface area contributed by atoms with Gasteiger partial charge >= 0.3 is 0 Å². The minimum Gasteiger partial charge on any atom is -0.397 e. The average molecular weight is 282 g/mol. The van der Waals surface area contributed by atoms with Gasteiger partial charge in [0.2, 0.25) is 0 Å². The number of carbonyl (C=O) groups excluding carboxylic acids is 1. The van der Waals surface area contributed by atoms with Crippen LogP contribution >= 0.6 is 11.6 Å². The van der Waals surface area contributed by atoms with Gasteiger partial charge in [-0.25, -0.2) is 0 Å². The van der Waals surface area contributed by atoms with Crippen LogP contribution in [0.5, 0.6) is 0 Å². The molecule has 0 aliphatic carbocycles. The molecule has 0 bridgehead atoms. The second-order valence-electron chi connectivity index (χ2n) is 5.21. The highest BCUT2D eigenvalue weighted by Gasteiger charge is 2.26. The van der Waals surface area contributed by atoms with Crippen molar-refractivity contribution < 1.29 is 4.79 Å². The number of likely N-dealkylation sites (N-methyl/N-ethyl adjacent to an activating group) is 1. The van der Waals surface area contributed by atoms with E-state index in [1.165, 1.54) is 0 Å². The first-order valence-corrected chi connectivity index (χ1v) is 6.88. The van der Waals surface area contributed by atoms with Gasteiger partial charge in [-0.1, -0.05) is 17.7 Å². The molecule has 0 radical (unpaired) electrons. The van der Waals surface area contributed by atoms with Crippen LogP contribution < -0.4 is 5.73 Å². The Kier molecular flexibility index (Phi) is 4.32. The Bertz CT molecular complexity index is 476. The zero-order chi connectivity index (χ0) is 14.0. The van der Waals surface area contributed by atoms with E-state index in [-0.39, 0.29) is 5.91 Å². The van der Waals surface area contributed by atoms with E-state index >= 15 is 0 Å². The number of nitrogen functional groups attached to an aromatic ring is 1. The molecule has 5 heteroatoms. The molecule has 104 valence electrons. The standard InChI is InChI=1S/C14H20ClN3O/c1-17(2)10-5-4-8-18(9-10)14(19)11-6-3-7-12(15)13(11)16/h3,6-7,10H,4-5,8-9,16H2,1-2H3. The summed E-state index contributed by atoms with van der Waals surface area (Å²) in [6, 6.07) is 5.62. The number of benzene rings is 1. The third kappa shape index (κ3) is 3.01. The zero-order valence-corrected chi connectivity index (χ0v) is 12.2. The fourth-order valence-corrected chi connectivity index (χ4v) is 2.63. The lowest BCUT2D eigenvalue weighted by molar-refractivity contribution is 0.0636. The Labute approximate surface area is 119 Å². The summed E-state index contributed by atoms with van der Waals surface area (Å²) in [6.45, 7) is 1.53. The topological polar surface area (TPSA) is 49.6 Å². The number of piperidine rings is 1. The van der Waals surface area contributed by atoms with Crippen molar-refractivity contribution >= 4 is 23.2 Å². The molecule has 1 aliphatic heterocycles.